The summed E-state index contributed by atoms with van der Waals surface area (Å²) in [6, 6.07) is 9.44. The van der Waals surface area contributed by atoms with E-state index in [4.69, 9.17) is 14.2 Å². The summed E-state index contributed by atoms with van der Waals surface area (Å²) in [6.07, 6.45) is -9.46. The number of aliphatic hydroxyl groups is 1. The highest BCUT2D eigenvalue weighted by Crippen LogP contribution is 2.36. The van der Waals surface area contributed by atoms with Crippen LogP contribution in [0.5, 0.6) is 0 Å². The lowest BCUT2D eigenvalue weighted by atomic mass is 10.1. The molecule has 0 spiro atoms. The van der Waals surface area contributed by atoms with Crippen molar-refractivity contribution in [2.45, 2.75) is 57.2 Å². The molecule has 130 valence electrons. The highest BCUT2D eigenvalue weighted by Gasteiger charge is 2.53. The minimum Gasteiger partial charge on any atom is -0.381 e. The zero-order valence-electron chi connectivity index (χ0n) is 13.0. The Hall–Kier alpha value is -1.15. The molecular weight excluding hydrogens is 313 g/mol. The molecule has 3 atom stereocenters. The Labute approximate surface area is 133 Å². The van der Waals surface area contributed by atoms with Crippen LogP contribution in [-0.4, -0.2) is 42.0 Å². The van der Waals surface area contributed by atoms with E-state index in [0.717, 1.165) is 5.56 Å². The highest BCUT2D eigenvalue weighted by atomic mass is 19.4. The molecule has 23 heavy (non-hydrogen) atoms. The number of hydrogen-bond acceptors (Lipinski definition) is 4. The topological polar surface area (TPSA) is 47.9 Å². The van der Waals surface area contributed by atoms with E-state index in [0.29, 0.717) is 6.61 Å². The molecule has 2 rings (SSSR count). The number of alkyl halides is 3. The summed E-state index contributed by atoms with van der Waals surface area (Å²) < 4.78 is 54.3. The van der Waals surface area contributed by atoms with Gasteiger partial charge in [0, 0.05) is 6.61 Å². The Balaban J connectivity index is 1.86. The molecule has 0 saturated carbocycles. The number of benzene rings is 1. The van der Waals surface area contributed by atoms with E-state index in [-0.39, 0.29) is 13.0 Å². The van der Waals surface area contributed by atoms with Crippen LogP contribution in [0.25, 0.3) is 0 Å². The normalized spacial score (nSPS) is 25.5. The van der Waals surface area contributed by atoms with Gasteiger partial charge in [0.15, 0.2) is 11.9 Å². The van der Waals surface area contributed by atoms with Gasteiger partial charge >= 0.3 is 6.18 Å². The smallest absolute Gasteiger partial charge is 0.381 e. The lowest BCUT2D eigenvalue weighted by molar-refractivity contribution is -0.242. The Kier molecular flexibility index (Phi) is 5.67. The van der Waals surface area contributed by atoms with Crippen LogP contribution in [0.4, 0.5) is 13.2 Å². The average molecular weight is 334 g/mol. The van der Waals surface area contributed by atoms with Gasteiger partial charge in [-0.3, -0.25) is 0 Å². The van der Waals surface area contributed by atoms with Crippen molar-refractivity contribution in [3.63, 3.8) is 0 Å². The van der Waals surface area contributed by atoms with Crippen LogP contribution >= 0.6 is 0 Å². The van der Waals surface area contributed by atoms with Crippen molar-refractivity contribution in [3.8, 4) is 0 Å². The molecule has 0 unspecified atom stereocenters. The average Bonchev–Trinajstić information content (AvgIpc) is 2.78. The third-order valence-corrected chi connectivity index (χ3v) is 3.53. The summed E-state index contributed by atoms with van der Waals surface area (Å²) in [7, 11) is 0. The molecule has 1 fully saturated rings. The zero-order valence-corrected chi connectivity index (χ0v) is 13.0. The number of halogens is 3. The van der Waals surface area contributed by atoms with Crippen molar-refractivity contribution in [3.05, 3.63) is 35.9 Å². The van der Waals surface area contributed by atoms with Gasteiger partial charge in [-0.15, -0.1) is 0 Å². The van der Waals surface area contributed by atoms with Crippen molar-refractivity contribution in [1.29, 1.82) is 0 Å². The first-order chi connectivity index (χ1) is 10.7. The number of rotatable bonds is 6. The van der Waals surface area contributed by atoms with E-state index in [1.165, 1.54) is 13.8 Å². The predicted octanol–water partition coefficient (Wildman–Crippen LogP) is 3.04. The van der Waals surface area contributed by atoms with Gasteiger partial charge in [0.2, 0.25) is 0 Å². The maximum atomic E-state index is 12.7. The van der Waals surface area contributed by atoms with Crippen LogP contribution in [0.3, 0.4) is 0 Å². The van der Waals surface area contributed by atoms with Crippen molar-refractivity contribution in [2.75, 3.05) is 6.61 Å². The molecule has 1 saturated heterocycles. The molecule has 7 heteroatoms. The van der Waals surface area contributed by atoms with Gasteiger partial charge in [0.25, 0.3) is 0 Å². The van der Waals surface area contributed by atoms with Crippen molar-refractivity contribution >= 4 is 0 Å². The minimum absolute atomic E-state index is 0.202. The van der Waals surface area contributed by atoms with Crippen molar-refractivity contribution in [1.82, 2.24) is 0 Å². The molecule has 0 bridgehead atoms. The Morgan fingerprint density at radius 1 is 1.22 bits per heavy atom. The summed E-state index contributed by atoms with van der Waals surface area (Å²) in [5, 5.41) is 9.45. The van der Waals surface area contributed by atoms with Crippen LogP contribution in [0.2, 0.25) is 0 Å². The molecule has 0 radical (unpaired) electrons. The van der Waals surface area contributed by atoms with E-state index in [9.17, 15) is 18.3 Å². The monoisotopic (exact) mass is 334 g/mol. The third kappa shape index (κ3) is 5.17. The summed E-state index contributed by atoms with van der Waals surface area (Å²) in [5.41, 5.74) is 0.975. The first-order valence-corrected chi connectivity index (χ1v) is 7.41. The highest BCUT2D eigenvalue weighted by molar-refractivity contribution is 5.13. The largest absolute Gasteiger partial charge is 0.417 e. The van der Waals surface area contributed by atoms with E-state index in [1.54, 1.807) is 0 Å². The summed E-state index contributed by atoms with van der Waals surface area (Å²) in [5.74, 6) is -1.17. The number of aliphatic hydroxyl groups excluding tert-OH is 1. The summed E-state index contributed by atoms with van der Waals surface area (Å²) in [4.78, 5) is 0. The molecular formula is C16H21F3O4. The zero-order chi connectivity index (χ0) is 17.1. The molecule has 0 amide bonds. The van der Waals surface area contributed by atoms with Crippen LogP contribution in [0.15, 0.2) is 30.3 Å². The summed E-state index contributed by atoms with van der Waals surface area (Å²) >= 11 is 0. The quantitative estimate of drug-likeness (QED) is 0.813. The second kappa shape index (κ2) is 7.17. The fraction of sp³-hybridized carbons (Fsp3) is 0.625. The van der Waals surface area contributed by atoms with Gasteiger partial charge in [-0.1, -0.05) is 30.3 Å². The Morgan fingerprint density at radius 2 is 1.87 bits per heavy atom. The SMILES string of the molecule is CC1(C)O[C@@H]([C@@H](O)C(F)(F)F)[C@H](CCOCc2ccccc2)O1. The van der Waals surface area contributed by atoms with Gasteiger partial charge in [-0.2, -0.15) is 13.2 Å². The summed E-state index contributed by atoms with van der Waals surface area (Å²) in [6.45, 7) is 3.62. The van der Waals surface area contributed by atoms with Gasteiger partial charge in [0.1, 0.15) is 6.10 Å². The molecule has 1 heterocycles. The maximum Gasteiger partial charge on any atom is 0.417 e. The van der Waals surface area contributed by atoms with Gasteiger partial charge in [-0.05, 0) is 25.8 Å². The molecule has 1 aliphatic heterocycles. The van der Waals surface area contributed by atoms with Crippen molar-refractivity contribution < 1.29 is 32.5 Å². The maximum absolute atomic E-state index is 12.7. The van der Waals surface area contributed by atoms with Gasteiger partial charge < -0.3 is 19.3 Å². The van der Waals surface area contributed by atoms with E-state index in [1.807, 2.05) is 30.3 Å². The predicted molar refractivity (Wildman–Crippen MR) is 76.6 cm³/mol. The van der Waals surface area contributed by atoms with E-state index < -0.39 is 30.3 Å². The second-order valence-corrected chi connectivity index (χ2v) is 5.95. The van der Waals surface area contributed by atoms with Crippen LogP contribution < -0.4 is 0 Å². The van der Waals surface area contributed by atoms with Gasteiger partial charge in [-0.25, -0.2) is 0 Å². The van der Waals surface area contributed by atoms with E-state index in [2.05, 4.69) is 0 Å². The fourth-order valence-corrected chi connectivity index (χ4v) is 2.50. The molecule has 1 aromatic rings. The molecule has 0 aliphatic carbocycles. The lowest BCUT2D eigenvalue weighted by Gasteiger charge is -2.24. The van der Waals surface area contributed by atoms with Crippen LogP contribution in [0, 0.1) is 0 Å². The van der Waals surface area contributed by atoms with Crippen LogP contribution in [0.1, 0.15) is 25.8 Å². The standard InChI is InChI=1S/C16H21F3O4/c1-15(2)22-12(13(23-15)14(20)16(17,18)19)8-9-21-10-11-6-4-3-5-7-11/h3-7,12-14,20H,8-10H2,1-2H3/t12-,13+,14+/m0/s1. The van der Waals surface area contributed by atoms with Gasteiger partial charge in [0.05, 0.1) is 12.7 Å². The minimum atomic E-state index is -4.75. The first kappa shape index (κ1) is 18.2. The first-order valence-electron chi connectivity index (χ1n) is 7.41. The second-order valence-electron chi connectivity index (χ2n) is 5.95. The number of ether oxygens (including phenoxy) is 3. The fourth-order valence-electron chi connectivity index (χ4n) is 2.50. The molecule has 1 aliphatic rings. The Morgan fingerprint density at radius 3 is 2.48 bits per heavy atom. The van der Waals surface area contributed by atoms with Crippen molar-refractivity contribution in [2.24, 2.45) is 0 Å². The molecule has 0 aromatic heterocycles. The number of hydrogen-bond donors (Lipinski definition) is 1. The third-order valence-electron chi connectivity index (χ3n) is 3.53. The molecule has 1 aromatic carbocycles. The van der Waals surface area contributed by atoms with Crippen LogP contribution in [-0.2, 0) is 20.8 Å². The lowest BCUT2D eigenvalue weighted by Crippen LogP contribution is -2.45. The Bertz CT molecular complexity index is 490. The molecule has 4 nitrogen and oxygen atoms in total. The molecule has 1 N–H and O–H groups in total. The van der Waals surface area contributed by atoms with E-state index >= 15 is 0 Å².